The summed E-state index contributed by atoms with van der Waals surface area (Å²) in [6.45, 7) is -0.466. The number of nitrogen functional groups attached to an aromatic ring is 1. The normalized spacial score (nSPS) is 31.1. The molecule has 3 heterocycles. The highest BCUT2D eigenvalue weighted by atomic mass is 19.1. The van der Waals surface area contributed by atoms with Gasteiger partial charge in [-0.25, -0.2) is 18.9 Å². The summed E-state index contributed by atoms with van der Waals surface area (Å²) in [6, 6.07) is 0. The van der Waals surface area contributed by atoms with E-state index in [0.717, 1.165) is 0 Å². The number of anilines is 1. The van der Waals surface area contributed by atoms with Gasteiger partial charge in [-0.15, -0.1) is 0 Å². The number of aliphatic hydroxyl groups excluding tert-OH is 2. The Bertz CT molecular complexity index is 606. The van der Waals surface area contributed by atoms with Crippen LogP contribution in [-0.2, 0) is 4.74 Å². The number of hydrogen-bond donors (Lipinski definition) is 3. The van der Waals surface area contributed by atoms with Gasteiger partial charge in [-0.3, -0.25) is 0 Å². The number of hydrogen-bond acceptors (Lipinski definition) is 7. The Balaban J connectivity index is 2.04. The molecule has 0 spiro atoms. The SMILES string of the molecule is Nc1ncnn2c(C3OC(CO)C(O)C3F)cnc12. The maximum atomic E-state index is 14.0. The fourth-order valence-electron chi connectivity index (χ4n) is 2.16. The molecule has 1 aliphatic heterocycles. The molecule has 19 heavy (non-hydrogen) atoms. The topological polar surface area (TPSA) is 119 Å². The van der Waals surface area contributed by atoms with Crippen molar-refractivity contribution in [1.29, 1.82) is 0 Å². The van der Waals surface area contributed by atoms with Gasteiger partial charge in [0, 0.05) is 0 Å². The number of imidazole rings is 1. The van der Waals surface area contributed by atoms with Crippen molar-refractivity contribution in [1.82, 2.24) is 19.6 Å². The van der Waals surface area contributed by atoms with Crippen LogP contribution in [0.4, 0.5) is 10.2 Å². The number of aliphatic hydroxyl groups is 2. The van der Waals surface area contributed by atoms with Gasteiger partial charge in [0.2, 0.25) is 0 Å². The summed E-state index contributed by atoms with van der Waals surface area (Å²) in [5.74, 6) is 0.161. The summed E-state index contributed by atoms with van der Waals surface area (Å²) in [5.41, 5.74) is 6.22. The lowest BCUT2D eigenvalue weighted by Gasteiger charge is -2.11. The smallest absolute Gasteiger partial charge is 0.196 e. The summed E-state index contributed by atoms with van der Waals surface area (Å²) < 4.78 is 20.6. The Kier molecular flexibility index (Phi) is 2.81. The fourth-order valence-corrected chi connectivity index (χ4v) is 2.16. The molecule has 8 nitrogen and oxygen atoms in total. The number of alkyl halides is 1. The van der Waals surface area contributed by atoms with Crippen molar-refractivity contribution in [2.75, 3.05) is 12.3 Å². The van der Waals surface area contributed by atoms with E-state index >= 15 is 0 Å². The van der Waals surface area contributed by atoms with Crippen molar-refractivity contribution >= 4 is 11.5 Å². The highest BCUT2D eigenvalue weighted by Crippen LogP contribution is 2.35. The molecule has 1 fully saturated rings. The Morgan fingerprint density at radius 3 is 2.95 bits per heavy atom. The minimum atomic E-state index is -1.67. The number of nitrogens with two attached hydrogens (primary N) is 1. The second-order valence-corrected chi connectivity index (χ2v) is 4.28. The standard InChI is InChI=1S/C10H12FN5O3/c11-6-7(18)5(2-17)19-8(6)4-1-13-10-9(12)14-3-15-16(4)10/h1,3,5-8,17-18H,2H2,(H2,12,14,15). The number of aromatic nitrogens is 4. The predicted molar refractivity (Wildman–Crippen MR) is 60.8 cm³/mol. The minimum Gasteiger partial charge on any atom is -0.394 e. The van der Waals surface area contributed by atoms with E-state index < -0.39 is 31.1 Å². The lowest BCUT2D eigenvalue weighted by atomic mass is 10.1. The van der Waals surface area contributed by atoms with Crippen LogP contribution in [0.2, 0.25) is 0 Å². The lowest BCUT2D eigenvalue weighted by Crippen LogP contribution is -2.30. The number of nitrogens with zero attached hydrogens (tertiary/aromatic N) is 4. The molecule has 4 N–H and O–H groups in total. The van der Waals surface area contributed by atoms with Crippen LogP contribution in [0.15, 0.2) is 12.5 Å². The van der Waals surface area contributed by atoms with Gasteiger partial charge in [0.25, 0.3) is 0 Å². The van der Waals surface area contributed by atoms with Crippen LogP contribution in [0.3, 0.4) is 0 Å². The highest BCUT2D eigenvalue weighted by Gasteiger charge is 2.46. The molecular formula is C10H12FN5O3. The molecule has 2 aromatic heterocycles. The van der Waals surface area contributed by atoms with Crippen molar-refractivity contribution in [2.45, 2.75) is 24.5 Å². The molecule has 0 radical (unpaired) electrons. The van der Waals surface area contributed by atoms with E-state index in [2.05, 4.69) is 15.1 Å². The first-order valence-electron chi connectivity index (χ1n) is 5.66. The van der Waals surface area contributed by atoms with E-state index in [-0.39, 0.29) is 11.5 Å². The van der Waals surface area contributed by atoms with Crippen molar-refractivity contribution < 1.29 is 19.3 Å². The molecule has 0 aromatic carbocycles. The summed E-state index contributed by atoms with van der Waals surface area (Å²) in [5, 5.41) is 22.5. The monoisotopic (exact) mass is 269 g/mol. The molecule has 3 rings (SSSR count). The maximum Gasteiger partial charge on any atom is 0.196 e. The van der Waals surface area contributed by atoms with Gasteiger partial charge in [-0.05, 0) is 0 Å². The average molecular weight is 269 g/mol. The van der Waals surface area contributed by atoms with E-state index in [9.17, 15) is 9.50 Å². The Morgan fingerprint density at radius 1 is 1.47 bits per heavy atom. The molecule has 0 bridgehead atoms. The predicted octanol–water partition coefficient (Wildman–Crippen LogP) is -1.16. The van der Waals surface area contributed by atoms with Crippen molar-refractivity contribution in [3.63, 3.8) is 0 Å². The van der Waals surface area contributed by atoms with Gasteiger partial charge in [-0.2, -0.15) is 5.10 Å². The molecule has 1 saturated heterocycles. The van der Waals surface area contributed by atoms with Crippen molar-refractivity contribution in [3.05, 3.63) is 18.2 Å². The van der Waals surface area contributed by atoms with Crippen molar-refractivity contribution in [2.24, 2.45) is 0 Å². The van der Waals surface area contributed by atoms with E-state index in [1.165, 1.54) is 17.0 Å². The first-order chi connectivity index (χ1) is 9.13. The van der Waals surface area contributed by atoms with Gasteiger partial charge in [-0.1, -0.05) is 0 Å². The fraction of sp³-hybridized carbons (Fsp3) is 0.500. The van der Waals surface area contributed by atoms with Gasteiger partial charge in [0.1, 0.15) is 24.6 Å². The largest absolute Gasteiger partial charge is 0.394 e. The van der Waals surface area contributed by atoms with Crippen LogP contribution in [0, 0.1) is 0 Å². The number of ether oxygens (including phenoxy) is 1. The van der Waals surface area contributed by atoms with Crippen LogP contribution < -0.4 is 5.73 Å². The zero-order chi connectivity index (χ0) is 13.6. The summed E-state index contributed by atoms with van der Waals surface area (Å²) >= 11 is 0. The van der Waals surface area contributed by atoms with Crippen LogP contribution in [0.5, 0.6) is 0 Å². The van der Waals surface area contributed by atoms with Gasteiger partial charge < -0.3 is 20.7 Å². The molecule has 1 aliphatic rings. The van der Waals surface area contributed by atoms with E-state index in [4.69, 9.17) is 15.6 Å². The molecule has 4 atom stereocenters. The van der Waals surface area contributed by atoms with Gasteiger partial charge >= 0.3 is 0 Å². The molecule has 2 aromatic rings. The van der Waals surface area contributed by atoms with E-state index in [0.29, 0.717) is 5.69 Å². The molecule has 4 unspecified atom stereocenters. The highest BCUT2D eigenvalue weighted by molar-refractivity contribution is 5.58. The molecule has 0 amide bonds. The summed E-state index contributed by atoms with van der Waals surface area (Å²) in [4.78, 5) is 7.77. The Labute approximate surface area is 106 Å². The van der Waals surface area contributed by atoms with Crippen molar-refractivity contribution in [3.8, 4) is 0 Å². The minimum absolute atomic E-state index is 0.161. The molecule has 102 valence electrons. The quantitative estimate of drug-likeness (QED) is 0.629. The first-order valence-corrected chi connectivity index (χ1v) is 5.66. The maximum absolute atomic E-state index is 14.0. The Morgan fingerprint density at radius 2 is 2.26 bits per heavy atom. The van der Waals surface area contributed by atoms with Crippen LogP contribution in [-0.4, -0.2) is 54.8 Å². The third-order valence-electron chi connectivity index (χ3n) is 3.15. The molecular weight excluding hydrogens is 257 g/mol. The number of rotatable bonds is 2. The van der Waals surface area contributed by atoms with Crippen LogP contribution >= 0.6 is 0 Å². The molecule has 9 heteroatoms. The third kappa shape index (κ3) is 1.74. The zero-order valence-corrected chi connectivity index (χ0v) is 9.72. The van der Waals surface area contributed by atoms with Gasteiger partial charge in [0.15, 0.2) is 17.6 Å². The average Bonchev–Trinajstić information content (AvgIpc) is 2.94. The van der Waals surface area contributed by atoms with E-state index in [1.54, 1.807) is 0 Å². The van der Waals surface area contributed by atoms with Crippen LogP contribution in [0.25, 0.3) is 5.65 Å². The summed E-state index contributed by atoms with van der Waals surface area (Å²) in [7, 11) is 0. The first kappa shape index (κ1) is 12.2. The van der Waals surface area contributed by atoms with Gasteiger partial charge in [0.05, 0.1) is 18.5 Å². The third-order valence-corrected chi connectivity index (χ3v) is 3.15. The lowest BCUT2D eigenvalue weighted by molar-refractivity contribution is -0.0241. The van der Waals surface area contributed by atoms with E-state index in [1.807, 2.05) is 0 Å². The summed E-state index contributed by atoms with van der Waals surface area (Å²) in [6.07, 6.45) is -2.51. The second-order valence-electron chi connectivity index (χ2n) is 4.28. The van der Waals surface area contributed by atoms with Crippen LogP contribution in [0.1, 0.15) is 11.8 Å². The molecule has 0 saturated carbocycles. The number of fused-ring (bicyclic) bond motifs is 1. The second kappa shape index (κ2) is 4.37. The Hall–Kier alpha value is -1.84. The zero-order valence-electron chi connectivity index (χ0n) is 9.72. The molecule has 0 aliphatic carbocycles. The number of halogens is 1.